The van der Waals surface area contributed by atoms with E-state index in [9.17, 15) is 14.4 Å². The number of nitrogens with one attached hydrogen (secondary N) is 2. The number of urea groups is 1. The molecule has 4 N–H and O–H groups in total. The fraction of sp³-hybridized carbons (Fsp3) is 0.333. The van der Waals surface area contributed by atoms with Gasteiger partial charge in [-0.1, -0.05) is 13.8 Å². The molecule has 0 fully saturated rings. The number of amides is 2. The van der Waals surface area contributed by atoms with Crippen molar-refractivity contribution in [2.75, 3.05) is 5.32 Å². The van der Waals surface area contributed by atoms with Crippen LogP contribution in [-0.4, -0.2) is 25.1 Å². The molecule has 0 aliphatic heterocycles. The molecule has 2 heterocycles. The summed E-state index contributed by atoms with van der Waals surface area (Å²) in [5.41, 5.74) is 6.34. The molecule has 0 aliphatic carbocycles. The van der Waals surface area contributed by atoms with Crippen molar-refractivity contribution in [3.05, 3.63) is 45.1 Å². The maximum absolute atomic E-state index is 12.7. The predicted molar refractivity (Wildman–Crippen MR) is 104 cm³/mol. The number of aryl methyl sites for hydroxylation is 1. The van der Waals surface area contributed by atoms with Crippen LogP contribution < -0.4 is 22.3 Å². The second-order valence-electron chi connectivity index (χ2n) is 6.24. The van der Waals surface area contributed by atoms with Crippen molar-refractivity contribution in [1.29, 1.82) is 0 Å². The normalized spacial score (nSPS) is 11.0. The van der Waals surface area contributed by atoms with Gasteiger partial charge in [-0.25, -0.2) is 14.6 Å². The Hall–Kier alpha value is -3.36. The first kappa shape index (κ1) is 18.4. The monoisotopic (exact) mass is 370 g/mol. The Labute approximate surface area is 154 Å². The van der Waals surface area contributed by atoms with Crippen LogP contribution >= 0.6 is 0 Å². The zero-order valence-electron chi connectivity index (χ0n) is 15.3. The molecule has 0 bridgehead atoms. The lowest BCUT2D eigenvalue weighted by molar-refractivity contribution is 0.259. The first-order valence-electron chi connectivity index (χ1n) is 8.86. The van der Waals surface area contributed by atoms with Crippen LogP contribution in [0.3, 0.4) is 0 Å². The van der Waals surface area contributed by atoms with E-state index in [-0.39, 0.29) is 11.2 Å². The molecular formula is C18H22N6O3. The van der Waals surface area contributed by atoms with Gasteiger partial charge in [-0.2, -0.15) is 0 Å². The van der Waals surface area contributed by atoms with Gasteiger partial charge >= 0.3 is 11.7 Å². The molecule has 2 amide bonds. The van der Waals surface area contributed by atoms with Crippen LogP contribution in [0.25, 0.3) is 22.6 Å². The summed E-state index contributed by atoms with van der Waals surface area (Å²) < 4.78 is 2.79. The minimum absolute atomic E-state index is 0.311. The Morgan fingerprint density at radius 3 is 2.33 bits per heavy atom. The summed E-state index contributed by atoms with van der Waals surface area (Å²) in [6.07, 6.45) is 1.43. The van der Waals surface area contributed by atoms with Gasteiger partial charge in [0.05, 0.1) is 0 Å². The number of nitrogens with two attached hydrogens (primary N) is 1. The molecule has 0 radical (unpaired) electrons. The summed E-state index contributed by atoms with van der Waals surface area (Å²) in [4.78, 5) is 43.9. The Balaban J connectivity index is 2.15. The van der Waals surface area contributed by atoms with Crippen LogP contribution in [0.5, 0.6) is 0 Å². The lowest BCUT2D eigenvalue weighted by atomic mass is 10.2. The number of fused-ring (bicyclic) bond motifs is 1. The van der Waals surface area contributed by atoms with Gasteiger partial charge < -0.3 is 16.0 Å². The second kappa shape index (κ2) is 7.48. The van der Waals surface area contributed by atoms with Gasteiger partial charge in [-0.3, -0.25) is 13.9 Å². The average molecular weight is 370 g/mol. The molecule has 27 heavy (non-hydrogen) atoms. The fourth-order valence-corrected chi connectivity index (χ4v) is 3.00. The summed E-state index contributed by atoms with van der Waals surface area (Å²) in [6.45, 7) is 4.72. The van der Waals surface area contributed by atoms with E-state index in [1.54, 1.807) is 24.3 Å². The molecule has 3 aromatic rings. The number of imidazole rings is 1. The first-order valence-corrected chi connectivity index (χ1v) is 8.86. The van der Waals surface area contributed by atoms with Crippen LogP contribution in [0.4, 0.5) is 10.5 Å². The van der Waals surface area contributed by atoms with E-state index in [0.717, 1.165) is 12.0 Å². The van der Waals surface area contributed by atoms with Crippen molar-refractivity contribution in [3.8, 4) is 11.4 Å². The number of carbonyl (C=O) groups excluding carboxylic acids is 1. The Kier molecular flexibility index (Phi) is 5.11. The van der Waals surface area contributed by atoms with Crippen LogP contribution in [0.2, 0.25) is 0 Å². The number of rotatable bonds is 6. The summed E-state index contributed by atoms with van der Waals surface area (Å²) >= 11 is 0. The van der Waals surface area contributed by atoms with Crippen molar-refractivity contribution in [1.82, 2.24) is 19.1 Å². The van der Waals surface area contributed by atoms with Crippen LogP contribution in [0.15, 0.2) is 33.9 Å². The molecule has 9 heteroatoms. The number of primary amides is 1. The smallest absolute Gasteiger partial charge is 0.332 e. The number of benzene rings is 1. The van der Waals surface area contributed by atoms with Crippen molar-refractivity contribution in [3.63, 3.8) is 0 Å². The number of aromatic amines is 1. The topological polar surface area (TPSA) is 128 Å². The molecule has 0 spiro atoms. The van der Waals surface area contributed by atoms with Crippen molar-refractivity contribution in [2.24, 2.45) is 5.73 Å². The van der Waals surface area contributed by atoms with E-state index in [2.05, 4.69) is 15.3 Å². The number of carbonyl (C=O) groups is 1. The second-order valence-corrected chi connectivity index (χ2v) is 6.24. The molecule has 0 saturated carbocycles. The molecule has 0 atom stereocenters. The molecule has 3 rings (SSSR count). The van der Waals surface area contributed by atoms with E-state index in [1.807, 2.05) is 13.8 Å². The molecule has 142 valence electrons. The largest absolute Gasteiger partial charge is 0.351 e. The van der Waals surface area contributed by atoms with Crippen molar-refractivity contribution >= 4 is 22.9 Å². The maximum Gasteiger partial charge on any atom is 0.332 e. The maximum atomic E-state index is 12.7. The average Bonchev–Trinajstić information content (AvgIpc) is 3.08. The number of H-pyrrole nitrogens is 1. The van der Waals surface area contributed by atoms with Crippen LogP contribution in [-0.2, 0) is 13.1 Å². The molecule has 0 unspecified atom stereocenters. The van der Waals surface area contributed by atoms with E-state index >= 15 is 0 Å². The standard InChI is InChI=1S/C18H22N6O3/c1-3-9-23-15-13(16(25)24(10-4-2)18(23)27)21-14(22-15)11-5-7-12(8-6-11)20-17(19)26/h5-8H,3-4,9-10H2,1-2H3,(H,21,22)(H3,19,20,26). The van der Waals surface area contributed by atoms with Gasteiger partial charge in [0.15, 0.2) is 5.65 Å². The minimum Gasteiger partial charge on any atom is -0.351 e. The van der Waals surface area contributed by atoms with Crippen molar-refractivity contribution < 1.29 is 4.79 Å². The lowest BCUT2D eigenvalue weighted by Crippen LogP contribution is -2.40. The Bertz CT molecular complexity index is 1090. The van der Waals surface area contributed by atoms with Gasteiger partial charge in [-0.05, 0) is 37.1 Å². The summed E-state index contributed by atoms with van der Waals surface area (Å²) in [7, 11) is 0. The van der Waals surface area contributed by atoms with Gasteiger partial charge in [0, 0.05) is 24.3 Å². The zero-order valence-corrected chi connectivity index (χ0v) is 15.3. The molecule has 1 aromatic carbocycles. The van der Waals surface area contributed by atoms with Gasteiger partial charge in [-0.15, -0.1) is 0 Å². The highest BCUT2D eigenvalue weighted by Crippen LogP contribution is 2.20. The number of aromatic nitrogens is 4. The number of nitrogens with zero attached hydrogens (tertiary/aromatic N) is 3. The highest BCUT2D eigenvalue weighted by molar-refractivity contribution is 5.88. The van der Waals surface area contributed by atoms with E-state index in [1.165, 1.54) is 9.13 Å². The Morgan fingerprint density at radius 1 is 1.11 bits per heavy atom. The summed E-state index contributed by atoms with van der Waals surface area (Å²) in [5, 5.41) is 2.48. The summed E-state index contributed by atoms with van der Waals surface area (Å²) in [6, 6.07) is 6.21. The number of anilines is 1. The van der Waals surface area contributed by atoms with Crippen LogP contribution in [0, 0.1) is 0 Å². The van der Waals surface area contributed by atoms with E-state index in [0.29, 0.717) is 42.2 Å². The van der Waals surface area contributed by atoms with Crippen LogP contribution in [0.1, 0.15) is 26.7 Å². The summed E-state index contributed by atoms with van der Waals surface area (Å²) in [5.74, 6) is 0.478. The SMILES string of the molecule is CCCn1c(=O)c2[nH]c(-c3ccc(NC(N)=O)cc3)nc2n(CCC)c1=O. The first-order chi connectivity index (χ1) is 13.0. The molecule has 0 aliphatic rings. The molecule has 0 saturated heterocycles. The number of hydrogen-bond donors (Lipinski definition) is 3. The van der Waals surface area contributed by atoms with Gasteiger partial charge in [0.2, 0.25) is 0 Å². The predicted octanol–water partition coefficient (Wildman–Crippen LogP) is 1.86. The molecule has 2 aromatic heterocycles. The van der Waals surface area contributed by atoms with E-state index < -0.39 is 6.03 Å². The Morgan fingerprint density at radius 2 is 1.74 bits per heavy atom. The fourth-order valence-electron chi connectivity index (χ4n) is 3.00. The third kappa shape index (κ3) is 3.48. The van der Waals surface area contributed by atoms with Crippen molar-refractivity contribution in [2.45, 2.75) is 39.8 Å². The van der Waals surface area contributed by atoms with E-state index in [4.69, 9.17) is 5.73 Å². The zero-order chi connectivity index (χ0) is 19.6. The number of hydrogen-bond acceptors (Lipinski definition) is 4. The third-order valence-corrected chi connectivity index (χ3v) is 4.18. The highest BCUT2D eigenvalue weighted by atomic mass is 16.2. The van der Waals surface area contributed by atoms with Gasteiger partial charge in [0.25, 0.3) is 5.56 Å². The quantitative estimate of drug-likeness (QED) is 0.612. The molecular weight excluding hydrogens is 348 g/mol. The highest BCUT2D eigenvalue weighted by Gasteiger charge is 2.17. The lowest BCUT2D eigenvalue weighted by Gasteiger charge is -2.09. The molecule has 9 nitrogen and oxygen atoms in total. The third-order valence-electron chi connectivity index (χ3n) is 4.18. The minimum atomic E-state index is -0.647. The van der Waals surface area contributed by atoms with Gasteiger partial charge in [0.1, 0.15) is 11.3 Å².